The maximum absolute atomic E-state index is 13.9. The molecule has 1 atom stereocenters. The molecule has 0 spiro atoms. The topological polar surface area (TPSA) is 91.5 Å². The minimum atomic E-state index is -0.831. The fourth-order valence-electron chi connectivity index (χ4n) is 5.98. The highest BCUT2D eigenvalue weighted by Gasteiger charge is 2.37. The van der Waals surface area contributed by atoms with Crippen LogP contribution in [0.4, 0.5) is 15.8 Å². The van der Waals surface area contributed by atoms with Crippen LogP contribution in [-0.4, -0.2) is 34.4 Å². The summed E-state index contributed by atoms with van der Waals surface area (Å²) >= 11 is 6.81. The van der Waals surface area contributed by atoms with Gasteiger partial charge in [-0.1, -0.05) is 48.7 Å². The largest absolute Gasteiger partial charge is 0.383 e. The molecular weight excluding hydrogens is 524 g/mol. The van der Waals surface area contributed by atoms with Gasteiger partial charge in [-0.15, -0.1) is 5.10 Å². The molecule has 204 valence electrons. The van der Waals surface area contributed by atoms with Gasteiger partial charge in [-0.3, -0.25) is 4.98 Å². The highest BCUT2D eigenvalue weighted by atomic mass is 35.5. The highest BCUT2D eigenvalue weighted by molar-refractivity contribution is 6.36. The predicted molar refractivity (Wildman–Crippen MR) is 159 cm³/mol. The van der Waals surface area contributed by atoms with Crippen LogP contribution in [0.1, 0.15) is 74.7 Å². The van der Waals surface area contributed by atoms with E-state index in [2.05, 4.69) is 38.9 Å². The molecule has 10 heteroatoms. The van der Waals surface area contributed by atoms with Gasteiger partial charge in [0.15, 0.2) is 0 Å². The van der Waals surface area contributed by atoms with Crippen LogP contribution in [-0.2, 0) is 5.44 Å². The maximum Gasteiger partial charge on any atom is 0.148 e. The fraction of sp³-hybridized carbons (Fsp3) is 0.400. The average molecular weight is 556 g/mol. The van der Waals surface area contributed by atoms with Gasteiger partial charge in [-0.2, -0.15) is 5.26 Å². The van der Waals surface area contributed by atoms with Crippen LogP contribution in [0.2, 0.25) is 5.02 Å². The molecule has 0 amide bonds. The second kappa shape index (κ2) is 10.4. The number of anilines is 2. The van der Waals surface area contributed by atoms with E-state index >= 15 is 0 Å². The number of rotatable bonds is 10. The number of nitriles is 1. The summed E-state index contributed by atoms with van der Waals surface area (Å²) in [4.78, 5) is 4.53. The Labute approximate surface area is 239 Å². The van der Waals surface area contributed by atoms with Crippen LogP contribution in [0.5, 0.6) is 0 Å². The molecule has 1 unspecified atom stereocenters. The smallest absolute Gasteiger partial charge is 0.148 e. The lowest BCUT2D eigenvalue weighted by molar-refractivity contribution is 0.136. The minimum absolute atomic E-state index is 0.269. The monoisotopic (exact) mass is 555 g/mol. The van der Waals surface area contributed by atoms with E-state index in [-0.39, 0.29) is 11.2 Å². The van der Waals surface area contributed by atoms with E-state index in [4.69, 9.17) is 11.6 Å². The number of aromatic nitrogens is 4. The van der Waals surface area contributed by atoms with Gasteiger partial charge < -0.3 is 10.6 Å². The molecule has 0 bridgehead atoms. The Morgan fingerprint density at radius 2 is 2.02 bits per heavy atom. The molecule has 0 radical (unpaired) electrons. The van der Waals surface area contributed by atoms with Crippen LogP contribution in [0, 0.1) is 22.6 Å². The Hall–Kier alpha value is -3.64. The first-order valence-corrected chi connectivity index (χ1v) is 14.4. The van der Waals surface area contributed by atoms with Crippen molar-refractivity contribution in [2.75, 3.05) is 17.2 Å². The molecule has 2 heterocycles. The van der Waals surface area contributed by atoms with Crippen molar-refractivity contribution in [1.82, 2.24) is 20.0 Å². The van der Waals surface area contributed by atoms with Gasteiger partial charge in [0, 0.05) is 23.8 Å². The number of halogens is 2. The summed E-state index contributed by atoms with van der Waals surface area (Å²) in [5.74, 6) is -0.306. The van der Waals surface area contributed by atoms with Crippen molar-refractivity contribution < 1.29 is 4.39 Å². The Morgan fingerprint density at radius 3 is 2.67 bits per heavy atom. The van der Waals surface area contributed by atoms with E-state index in [0.717, 1.165) is 60.2 Å². The van der Waals surface area contributed by atoms with E-state index in [9.17, 15) is 9.65 Å². The zero-order valence-electron chi connectivity index (χ0n) is 22.8. The molecule has 0 aliphatic heterocycles. The van der Waals surface area contributed by atoms with E-state index in [1.165, 1.54) is 31.4 Å². The second-order valence-corrected chi connectivity index (χ2v) is 11.9. The SMILES string of the molecule is BC(Nc1cc(Cl)c2ncc(C#N)c(NCC3(CCC)CCC3)c2c1)(c1ccc(F)cc1)c1cn(C2CC2)nn1. The van der Waals surface area contributed by atoms with Gasteiger partial charge >= 0.3 is 0 Å². The van der Waals surface area contributed by atoms with Crippen LogP contribution < -0.4 is 10.6 Å². The Kier molecular flexibility index (Phi) is 6.91. The van der Waals surface area contributed by atoms with Crippen molar-refractivity contribution in [3.8, 4) is 6.07 Å². The predicted octanol–water partition coefficient (Wildman–Crippen LogP) is 6.15. The quantitative estimate of drug-likeness (QED) is 0.228. The third-order valence-electron chi connectivity index (χ3n) is 8.64. The number of pyridine rings is 1. The normalized spacial score (nSPS) is 17.6. The third-order valence-corrected chi connectivity index (χ3v) is 8.93. The second-order valence-electron chi connectivity index (χ2n) is 11.5. The summed E-state index contributed by atoms with van der Waals surface area (Å²) in [6.07, 6.45) is 11.7. The molecule has 2 fully saturated rings. The molecule has 2 saturated carbocycles. The zero-order valence-corrected chi connectivity index (χ0v) is 23.6. The maximum atomic E-state index is 13.9. The number of nitrogens with one attached hydrogen (secondary N) is 2. The third kappa shape index (κ3) is 4.90. The standard InChI is InChI=1S/C30H32BClFN7/c1-2-10-29(11-3-12-29)18-36-27-19(15-34)16-35-28-24(27)13-22(14-25(28)32)37-30(31,20-4-6-21(33)7-5-20)26-17-40(39-38-26)23-8-9-23/h4-7,13-14,16-17,23,37H,2-3,8-12,18,31H2,1H3,(H,35,36). The first-order valence-electron chi connectivity index (χ1n) is 14.1. The van der Waals surface area contributed by atoms with Crippen LogP contribution in [0.15, 0.2) is 48.8 Å². The minimum Gasteiger partial charge on any atom is -0.383 e. The Balaban J connectivity index is 1.41. The summed E-state index contributed by atoms with van der Waals surface area (Å²) < 4.78 is 15.8. The molecule has 6 rings (SSSR count). The van der Waals surface area contributed by atoms with Crippen molar-refractivity contribution >= 4 is 41.7 Å². The molecule has 7 nitrogen and oxygen atoms in total. The highest BCUT2D eigenvalue weighted by Crippen LogP contribution is 2.45. The average Bonchev–Trinajstić information content (AvgIpc) is 3.65. The summed E-state index contributed by atoms with van der Waals surface area (Å²) in [5.41, 5.74) is 3.60. The lowest BCUT2D eigenvalue weighted by atomic mass is 9.66. The molecule has 2 aliphatic carbocycles. The fourth-order valence-corrected chi connectivity index (χ4v) is 6.25. The lowest BCUT2D eigenvalue weighted by Gasteiger charge is -2.42. The van der Waals surface area contributed by atoms with Gasteiger partial charge in [-0.25, -0.2) is 9.07 Å². The Bertz CT molecular complexity index is 1590. The van der Waals surface area contributed by atoms with Crippen LogP contribution in [0.3, 0.4) is 0 Å². The van der Waals surface area contributed by atoms with E-state index in [1.807, 2.05) is 30.9 Å². The van der Waals surface area contributed by atoms with Crippen molar-refractivity contribution in [2.24, 2.45) is 5.41 Å². The van der Waals surface area contributed by atoms with Gasteiger partial charge in [-0.05, 0) is 67.3 Å². The molecule has 2 aromatic heterocycles. The van der Waals surface area contributed by atoms with Gasteiger partial charge in [0.05, 0.1) is 39.5 Å². The van der Waals surface area contributed by atoms with Gasteiger partial charge in [0.1, 0.15) is 25.4 Å². The molecule has 4 aromatic rings. The van der Waals surface area contributed by atoms with Crippen molar-refractivity contribution in [3.63, 3.8) is 0 Å². The molecule has 40 heavy (non-hydrogen) atoms. The first-order chi connectivity index (χ1) is 19.3. The number of hydrogen-bond acceptors (Lipinski definition) is 6. The van der Waals surface area contributed by atoms with E-state index < -0.39 is 5.44 Å². The molecule has 2 N–H and O–H groups in total. The van der Waals surface area contributed by atoms with Crippen molar-refractivity contribution in [2.45, 2.75) is 63.3 Å². The first kappa shape index (κ1) is 26.6. The molecule has 0 saturated heterocycles. The van der Waals surface area contributed by atoms with Gasteiger partial charge in [0.25, 0.3) is 0 Å². The van der Waals surface area contributed by atoms with E-state index in [0.29, 0.717) is 22.1 Å². The summed E-state index contributed by atoms with van der Waals surface area (Å²) in [6.45, 7) is 3.03. The number of fused-ring (bicyclic) bond motifs is 1. The number of nitrogens with zero attached hydrogens (tertiary/aromatic N) is 5. The lowest BCUT2D eigenvalue weighted by Crippen LogP contribution is -2.38. The summed E-state index contributed by atoms with van der Waals surface area (Å²) in [5, 5.41) is 27.4. The molecule has 2 aromatic carbocycles. The zero-order chi connectivity index (χ0) is 27.9. The molecule has 2 aliphatic rings. The van der Waals surface area contributed by atoms with E-state index in [1.54, 1.807) is 18.3 Å². The molecular formula is C30H32BClFN7. The Morgan fingerprint density at radius 1 is 1.25 bits per heavy atom. The van der Waals surface area contributed by atoms with Crippen molar-refractivity contribution in [3.05, 3.63) is 76.5 Å². The van der Waals surface area contributed by atoms with Crippen LogP contribution >= 0.6 is 11.6 Å². The van der Waals surface area contributed by atoms with Crippen LogP contribution in [0.25, 0.3) is 10.9 Å². The number of benzene rings is 2. The summed E-state index contributed by atoms with van der Waals surface area (Å²) in [7, 11) is 2.01. The van der Waals surface area contributed by atoms with Crippen molar-refractivity contribution in [1.29, 1.82) is 5.26 Å². The summed E-state index contributed by atoms with van der Waals surface area (Å²) in [6, 6.07) is 12.9. The number of hydrogen-bond donors (Lipinski definition) is 2. The van der Waals surface area contributed by atoms with Gasteiger partial charge in [0.2, 0.25) is 0 Å².